The first kappa shape index (κ1) is 21.3. The van der Waals surface area contributed by atoms with Crippen molar-refractivity contribution < 1.29 is 5.11 Å². The number of benzene rings is 1. The molecule has 1 aromatic heterocycles. The first-order valence-electron chi connectivity index (χ1n) is 9.16. The highest BCUT2D eigenvalue weighted by molar-refractivity contribution is 14.0. The van der Waals surface area contributed by atoms with Crippen LogP contribution in [0.4, 0.5) is 5.69 Å². The third-order valence-electron chi connectivity index (χ3n) is 4.47. The number of aromatic hydroxyl groups is 1. The van der Waals surface area contributed by atoms with E-state index in [0.29, 0.717) is 12.3 Å². The Bertz CT molecular complexity index is 760. The maximum atomic E-state index is 10.1. The number of nitrogens with zero attached hydrogens (tertiary/aromatic N) is 4. The lowest BCUT2D eigenvalue weighted by Gasteiger charge is -2.37. The zero-order valence-corrected chi connectivity index (χ0v) is 18.3. The minimum Gasteiger partial charge on any atom is -0.506 e. The second-order valence-corrected chi connectivity index (χ2v) is 6.40. The van der Waals surface area contributed by atoms with Crippen LogP contribution in [0, 0.1) is 6.92 Å². The summed E-state index contributed by atoms with van der Waals surface area (Å²) >= 11 is 0. The highest BCUT2D eigenvalue weighted by Gasteiger charge is 2.21. The molecular formula is C20H28IN5O. The average molecular weight is 481 g/mol. The minimum atomic E-state index is 0. The molecule has 0 bridgehead atoms. The Morgan fingerprint density at radius 3 is 2.52 bits per heavy atom. The number of hydrogen-bond donors (Lipinski definition) is 2. The SMILES string of the molecule is CCNC(=NCc1cccc(C)n1)N1CCN(c2ccccc2O)CC1.I. The number of phenolic OH excluding ortho intramolecular Hbond substituents is 1. The normalized spacial score (nSPS) is 14.7. The number of guanidine groups is 1. The van der Waals surface area contributed by atoms with Crippen LogP contribution in [0.15, 0.2) is 47.5 Å². The lowest BCUT2D eigenvalue weighted by Crippen LogP contribution is -2.52. The third-order valence-corrected chi connectivity index (χ3v) is 4.47. The monoisotopic (exact) mass is 481 g/mol. The number of aromatic nitrogens is 1. The molecular weight excluding hydrogens is 453 g/mol. The van der Waals surface area contributed by atoms with Crippen molar-refractivity contribution in [2.45, 2.75) is 20.4 Å². The van der Waals surface area contributed by atoms with Gasteiger partial charge in [-0.25, -0.2) is 4.99 Å². The van der Waals surface area contributed by atoms with E-state index in [2.05, 4.69) is 27.0 Å². The van der Waals surface area contributed by atoms with Crippen LogP contribution in [0.5, 0.6) is 5.75 Å². The predicted octanol–water partition coefficient (Wildman–Crippen LogP) is 3.00. The lowest BCUT2D eigenvalue weighted by molar-refractivity contribution is 0.369. The maximum absolute atomic E-state index is 10.1. The molecule has 0 amide bonds. The van der Waals surface area contributed by atoms with Gasteiger partial charge in [0.2, 0.25) is 0 Å². The van der Waals surface area contributed by atoms with Crippen molar-refractivity contribution in [1.29, 1.82) is 0 Å². The molecule has 0 spiro atoms. The Morgan fingerprint density at radius 2 is 1.85 bits per heavy atom. The van der Waals surface area contributed by atoms with Crippen LogP contribution in [0.3, 0.4) is 0 Å². The summed E-state index contributed by atoms with van der Waals surface area (Å²) in [4.78, 5) is 13.8. The number of pyridine rings is 1. The van der Waals surface area contributed by atoms with Crippen molar-refractivity contribution in [2.24, 2.45) is 4.99 Å². The Kier molecular flexibility index (Phi) is 8.15. The molecule has 1 aliphatic rings. The van der Waals surface area contributed by atoms with Crippen LogP contribution in [-0.2, 0) is 6.54 Å². The van der Waals surface area contributed by atoms with Crippen molar-refractivity contribution in [1.82, 2.24) is 15.2 Å². The van der Waals surface area contributed by atoms with Gasteiger partial charge in [0.05, 0.1) is 17.9 Å². The van der Waals surface area contributed by atoms with Gasteiger partial charge in [-0.15, -0.1) is 24.0 Å². The number of para-hydroxylation sites is 2. The Hall–Kier alpha value is -2.03. The Morgan fingerprint density at radius 1 is 1.11 bits per heavy atom. The predicted molar refractivity (Wildman–Crippen MR) is 121 cm³/mol. The number of hydrogen-bond acceptors (Lipinski definition) is 4. The van der Waals surface area contributed by atoms with Crippen molar-refractivity contribution in [3.63, 3.8) is 0 Å². The summed E-state index contributed by atoms with van der Waals surface area (Å²) in [5, 5.41) is 13.4. The van der Waals surface area contributed by atoms with E-state index in [0.717, 1.165) is 55.8 Å². The molecule has 7 heteroatoms. The highest BCUT2D eigenvalue weighted by Crippen LogP contribution is 2.27. The summed E-state index contributed by atoms with van der Waals surface area (Å²) in [5.41, 5.74) is 2.89. The molecule has 27 heavy (non-hydrogen) atoms. The molecule has 1 aromatic carbocycles. The molecule has 0 unspecified atom stereocenters. The number of anilines is 1. The van der Waals surface area contributed by atoms with Gasteiger partial charge >= 0.3 is 0 Å². The minimum absolute atomic E-state index is 0. The molecule has 6 nitrogen and oxygen atoms in total. The largest absolute Gasteiger partial charge is 0.506 e. The van der Waals surface area contributed by atoms with E-state index >= 15 is 0 Å². The zero-order chi connectivity index (χ0) is 18.4. The highest BCUT2D eigenvalue weighted by atomic mass is 127. The van der Waals surface area contributed by atoms with Gasteiger partial charge in [-0.2, -0.15) is 0 Å². The molecule has 1 fully saturated rings. The number of phenols is 1. The number of rotatable bonds is 4. The van der Waals surface area contributed by atoms with Crippen molar-refractivity contribution >= 4 is 35.6 Å². The molecule has 3 rings (SSSR count). The number of aliphatic imine (C=N–C) groups is 1. The molecule has 2 N–H and O–H groups in total. The number of piperazine rings is 1. The summed E-state index contributed by atoms with van der Waals surface area (Å²) in [6.45, 7) is 8.91. The number of halogens is 1. The van der Waals surface area contributed by atoms with Crippen LogP contribution in [0.1, 0.15) is 18.3 Å². The van der Waals surface area contributed by atoms with Gasteiger partial charge < -0.3 is 20.2 Å². The Balaban J connectivity index is 0.00000261. The second kappa shape index (κ2) is 10.3. The zero-order valence-electron chi connectivity index (χ0n) is 15.9. The standard InChI is InChI=1S/C20H27N5O.HI/c1-3-21-20(22-15-17-8-6-7-16(2)23-17)25-13-11-24(12-14-25)18-9-4-5-10-19(18)26;/h4-10,26H,3,11-15H2,1-2H3,(H,21,22);1H. The van der Waals surface area contributed by atoms with Crippen molar-refractivity contribution in [3.05, 3.63) is 53.9 Å². The quantitative estimate of drug-likeness (QED) is 0.400. The first-order chi connectivity index (χ1) is 12.7. The van der Waals surface area contributed by atoms with Gasteiger partial charge in [-0.1, -0.05) is 18.2 Å². The molecule has 2 heterocycles. The average Bonchev–Trinajstić information content (AvgIpc) is 2.66. The number of nitrogens with one attached hydrogen (secondary N) is 1. The second-order valence-electron chi connectivity index (χ2n) is 6.40. The van der Waals surface area contributed by atoms with Crippen molar-refractivity contribution in [2.75, 3.05) is 37.6 Å². The van der Waals surface area contributed by atoms with E-state index in [-0.39, 0.29) is 24.0 Å². The van der Waals surface area contributed by atoms with Crippen LogP contribution in [-0.4, -0.2) is 53.7 Å². The van der Waals surface area contributed by atoms with Crippen LogP contribution in [0.25, 0.3) is 0 Å². The van der Waals surface area contributed by atoms with Crippen LogP contribution < -0.4 is 10.2 Å². The summed E-state index contributed by atoms with van der Waals surface area (Å²) < 4.78 is 0. The van der Waals surface area contributed by atoms with Crippen LogP contribution >= 0.6 is 24.0 Å². The van der Waals surface area contributed by atoms with E-state index in [1.165, 1.54) is 0 Å². The van der Waals surface area contributed by atoms with Crippen molar-refractivity contribution in [3.8, 4) is 5.75 Å². The molecule has 0 saturated carbocycles. The van der Waals surface area contributed by atoms with Gasteiger partial charge in [0.15, 0.2) is 5.96 Å². The summed E-state index contributed by atoms with van der Waals surface area (Å²) in [6.07, 6.45) is 0. The van der Waals surface area contributed by atoms with Gasteiger partial charge in [0.1, 0.15) is 5.75 Å². The maximum Gasteiger partial charge on any atom is 0.194 e. The van der Waals surface area contributed by atoms with E-state index < -0.39 is 0 Å². The molecule has 1 saturated heterocycles. The third kappa shape index (κ3) is 5.72. The fourth-order valence-electron chi connectivity index (χ4n) is 3.16. The van der Waals surface area contributed by atoms with E-state index in [4.69, 9.17) is 4.99 Å². The lowest BCUT2D eigenvalue weighted by atomic mass is 10.2. The van der Waals surface area contributed by atoms with Crippen LogP contribution in [0.2, 0.25) is 0 Å². The topological polar surface area (TPSA) is 64.0 Å². The van der Waals surface area contributed by atoms with E-state index in [1.54, 1.807) is 6.07 Å². The number of aryl methyl sites for hydroxylation is 1. The molecule has 146 valence electrons. The van der Waals surface area contributed by atoms with E-state index in [1.807, 2.05) is 43.3 Å². The van der Waals surface area contributed by atoms with E-state index in [9.17, 15) is 5.11 Å². The molecule has 0 radical (unpaired) electrons. The molecule has 1 aliphatic heterocycles. The summed E-state index contributed by atoms with van der Waals surface area (Å²) in [5.74, 6) is 1.26. The molecule has 2 aromatic rings. The van der Waals surface area contributed by atoms with Gasteiger partial charge in [0.25, 0.3) is 0 Å². The molecule has 0 atom stereocenters. The van der Waals surface area contributed by atoms with Gasteiger partial charge in [0, 0.05) is 38.4 Å². The summed E-state index contributed by atoms with van der Waals surface area (Å²) in [6, 6.07) is 13.5. The fourth-order valence-corrected chi connectivity index (χ4v) is 3.16. The smallest absolute Gasteiger partial charge is 0.194 e. The summed E-state index contributed by atoms with van der Waals surface area (Å²) in [7, 11) is 0. The Labute approximate surface area is 178 Å². The van der Waals surface area contributed by atoms with Gasteiger partial charge in [-0.3, -0.25) is 4.98 Å². The molecule has 0 aliphatic carbocycles. The fraction of sp³-hybridized carbons (Fsp3) is 0.400. The van der Waals surface area contributed by atoms with Gasteiger partial charge in [-0.05, 0) is 38.1 Å². The first-order valence-corrected chi connectivity index (χ1v) is 9.16.